The second kappa shape index (κ2) is 7.96. The van der Waals surface area contributed by atoms with Gasteiger partial charge in [0.25, 0.3) is 0 Å². The molecule has 1 unspecified atom stereocenters. The van der Waals surface area contributed by atoms with Crippen molar-refractivity contribution in [2.24, 2.45) is 0 Å². The Hall–Kier alpha value is -0.940. The second-order valence-electron chi connectivity index (χ2n) is 8.04. The number of hydrogen-bond donors (Lipinski definition) is 2. The molecule has 0 aromatic heterocycles. The molecule has 2 N–H and O–H groups in total. The first-order valence-electron chi connectivity index (χ1n) is 9.49. The van der Waals surface area contributed by atoms with E-state index in [1.807, 2.05) is 0 Å². The van der Waals surface area contributed by atoms with E-state index in [2.05, 4.69) is 59.3 Å². The van der Waals surface area contributed by atoms with Crippen molar-refractivity contribution in [2.75, 3.05) is 32.7 Å². The van der Waals surface area contributed by atoms with Gasteiger partial charge in [-0.3, -0.25) is 4.90 Å². The van der Waals surface area contributed by atoms with Gasteiger partial charge in [-0.25, -0.2) is 0 Å². The highest BCUT2D eigenvalue weighted by Gasteiger charge is 2.38. The maximum atomic E-state index is 11.0. The fourth-order valence-corrected chi connectivity index (χ4v) is 4.19. The molecular formula is C20H33N3O. The first-order chi connectivity index (χ1) is 11.5. The Bertz CT molecular complexity index is 499. The van der Waals surface area contributed by atoms with Gasteiger partial charge < -0.3 is 15.3 Å². The molecule has 2 aliphatic heterocycles. The van der Waals surface area contributed by atoms with Crippen LogP contribution in [0.25, 0.3) is 0 Å². The van der Waals surface area contributed by atoms with Gasteiger partial charge in [-0.2, -0.15) is 0 Å². The van der Waals surface area contributed by atoms with E-state index in [4.69, 9.17) is 0 Å². The molecule has 1 atom stereocenters. The average molecular weight is 332 g/mol. The molecule has 3 rings (SSSR count). The van der Waals surface area contributed by atoms with Crippen LogP contribution in [-0.2, 0) is 6.54 Å². The molecule has 1 aromatic rings. The summed E-state index contributed by atoms with van der Waals surface area (Å²) in [7, 11) is 0. The number of nitrogens with zero attached hydrogens (tertiary/aromatic N) is 2. The first-order valence-corrected chi connectivity index (χ1v) is 9.49. The predicted octanol–water partition coefficient (Wildman–Crippen LogP) is 2.09. The van der Waals surface area contributed by atoms with Crippen molar-refractivity contribution in [3.63, 3.8) is 0 Å². The van der Waals surface area contributed by atoms with Crippen molar-refractivity contribution in [2.45, 2.75) is 57.3 Å². The minimum Gasteiger partial charge on any atom is -0.387 e. The van der Waals surface area contributed by atoms with Crippen molar-refractivity contribution in [3.8, 4) is 0 Å². The van der Waals surface area contributed by atoms with Crippen LogP contribution in [-0.4, -0.2) is 65.3 Å². The van der Waals surface area contributed by atoms with E-state index in [1.165, 1.54) is 18.4 Å². The van der Waals surface area contributed by atoms with Crippen LogP contribution in [0.4, 0.5) is 0 Å². The zero-order valence-corrected chi connectivity index (χ0v) is 15.2. The number of hydrogen-bond acceptors (Lipinski definition) is 4. The lowest BCUT2D eigenvalue weighted by molar-refractivity contribution is 0.00368. The summed E-state index contributed by atoms with van der Waals surface area (Å²) in [4.78, 5) is 4.85. The highest BCUT2D eigenvalue weighted by molar-refractivity contribution is 5.15. The summed E-state index contributed by atoms with van der Waals surface area (Å²) >= 11 is 0. The summed E-state index contributed by atoms with van der Waals surface area (Å²) in [5.41, 5.74) is 0.801. The summed E-state index contributed by atoms with van der Waals surface area (Å²) in [6.07, 6.45) is 3.29. The topological polar surface area (TPSA) is 38.7 Å². The summed E-state index contributed by atoms with van der Waals surface area (Å²) in [5.74, 6) is 0. The lowest BCUT2D eigenvalue weighted by Crippen LogP contribution is -2.50. The molecule has 1 aromatic carbocycles. The van der Waals surface area contributed by atoms with Gasteiger partial charge in [0.2, 0.25) is 0 Å². The van der Waals surface area contributed by atoms with Gasteiger partial charge in [0.1, 0.15) is 0 Å². The van der Waals surface area contributed by atoms with Crippen molar-refractivity contribution >= 4 is 0 Å². The number of β-amino-alcohol motifs (C(OH)–C–C–N with tert-alkyl or cyclic N) is 1. The predicted molar refractivity (Wildman–Crippen MR) is 99.0 cm³/mol. The third-order valence-corrected chi connectivity index (χ3v) is 5.33. The van der Waals surface area contributed by atoms with E-state index in [1.54, 1.807) is 0 Å². The Morgan fingerprint density at radius 2 is 1.83 bits per heavy atom. The van der Waals surface area contributed by atoms with Crippen LogP contribution < -0.4 is 5.32 Å². The van der Waals surface area contributed by atoms with Crippen molar-refractivity contribution < 1.29 is 5.11 Å². The van der Waals surface area contributed by atoms with E-state index in [-0.39, 0.29) is 0 Å². The maximum absolute atomic E-state index is 11.0. The van der Waals surface area contributed by atoms with Crippen LogP contribution in [0.3, 0.4) is 0 Å². The molecule has 0 aliphatic carbocycles. The lowest BCUT2D eigenvalue weighted by Gasteiger charge is -2.37. The van der Waals surface area contributed by atoms with Crippen molar-refractivity contribution in [1.82, 2.24) is 15.1 Å². The molecule has 0 amide bonds. The molecule has 134 valence electrons. The molecule has 0 saturated carbocycles. The molecule has 4 nitrogen and oxygen atoms in total. The van der Waals surface area contributed by atoms with E-state index < -0.39 is 5.60 Å². The number of benzene rings is 1. The zero-order valence-electron chi connectivity index (χ0n) is 15.2. The summed E-state index contributed by atoms with van der Waals surface area (Å²) < 4.78 is 0. The number of aliphatic hydroxyl groups is 1. The fraction of sp³-hybridized carbons (Fsp3) is 0.700. The van der Waals surface area contributed by atoms with E-state index in [9.17, 15) is 5.11 Å². The van der Waals surface area contributed by atoms with Crippen LogP contribution >= 0.6 is 0 Å². The third-order valence-electron chi connectivity index (χ3n) is 5.33. The number of rotatable bonds is 6. The van der Waals surface area contributed by atoms with E-state index >= 15 is 0 Å². The van der Waals surface area contributed by atoms with E-state index in [0.717, 1.165) is 45.7 Å². The Labute approximate surface area is 146 Å². The van der Waals surface area contributed by atoms with Crippen LogP contribution in [0.1, 0.15) is 38.7 Å². The fourth-order valence-electron chi connectivity index (χ4n) is 4.19. The highest BCUT2D eigenvalue weighted by atomic mass is 16.3. The number of likely N-dealkylation sites (tertiary alicyclic amines) is 2. The Morgan fingerprint density at radius 3 is 2.50 bits per heavy atom. The molecule has 0 bridgehead atoms. The molecule has 4 heteroatoms. The number of piperidine rings is 1. The van der Waals surface area contributed by atoms with Gasteiger partial charge >= 0.3 is 0 Å². The lowest BCUT2D eigenvalue weighted by atomic mass is 9.99. The number of nitrogens with one attached hydrogen (secondary N) is 1. The van der Waals surface area contributed by atoms with Gasteiger partial charge in [0.15, 0.2) is 0 Å². The minimum absolute atomic E-state index is 0.535. The quantitative estimate of drug-likeness (QED) is 0.837. The Morgan fingerprint density at radius 1 is 1.12 bits per heavy atom. The molecule has 2 aliphatic rings. The molecule has 0 spiro atoms. The van der Waals surface area contributed by atoms with Crippen LogP contribution in [0.15, 0.2) is 30.3 Å². The Balaban J connectivity index is 1.44. The monoisotopic (exact) mass is 331 g/mol. The molecule has 2 saturated heterocycles. The average Bonchev–Trinajstić information content (AvgIpc) is 2.90. The normalized spacial score (nSPS) is 27.2. The van der Waals surface area contributed by atoms with Gasteiger partial charge in [0, 0.05) is 38.3 Å². The molecule has 0 radical (unpaired) electrons. The summed E-state index contributed by atoms with van der Waals surface area (Å²) in [5, 5.41) is 14.6. The van der Waals surface area contributed by atoms with Gasteiger partial charge in [-0.1, -0.05) is 44.2 Å². The largest absolute Gasteiger partial charge is 0.387 e. The first kappa shape index (κ1) is 17.9. The van der Waals surface area contributed by atoms with Crippen molar-refractivity contribution in [1.29, 1.82) is 0 Å². The van der Waals surface area contributed by atoms with Crippen LogP contribution in [0, 0.1) is 0 Å². The van der Waals surface area contributed by atoms with Gasteiger partial charge in [-0.05, 0) is 37.9 Å². The third kappa shape index (κ3) is 5.03. The standard InChI is InChI=1S/C20H33N3O/c1-17(2)21-19-8-11-22(12-9-19)15-20(24)10-13-23(16-20)14-18-6-4-3-5-7-18/h3-7,17,19,21,24H,8-16H2,1-2H3. The van der Waals surface area contributed by atoms with Gasteiger partial charge in [-0.15, -0.1) is 0 Å². The van der Waals surface area contributed by atoms with E-state index in [0.29, 0.717) is 12.1 Å². The van der Waals surface area contributed by atoms with Crippen LogP contribution in [0.2, 0.25) is 0 Å². The van der Waals surface area contributed by atoms with Crippen molar-refractivity contribution in [3.05, 3.63) is 35.9 Å². The SMILES string of the molecule is CC(C)NC1CCN(CC2(O)CCN(Cc3ccccc3)C2)CC1. The van der Waals surface area contributed by atoms with Gasteiger partial charge in [0.05, 0.1) is 5.60 Å². The maximum Gasteiger partial charge on any atom is 0.0912 e. The molecule has 2 fully saturated rings. The molecular weight excluding hydrogens is 298 g/mol. The molecule has 2 heterocycles. The molecule has 24 heavy (non-hydrogen) atoms. The minimum atomic E-state index is -0.535. The smallest absolute Gasteiger partial charge is 0.0912 e. The Kier molecular flexibility index (Phi) is 5.93. The van der Waals surface area contributed by atoms with Crippen LogP contribution in [0.5, 0.6) is 0 Å². The highest BCUT2D eigenvalue weighted by Crippen LogP contribution is 2.25. The summed E-state index contributed by atoms with van der Waals surface area (Å²) in [6.45, 7) is 10.2. The second-order valence-corrected chi connectivity index (χ2v) is 8.04. The summed E-state index contributed by atoms with van der Waals surface area (Å²) in [6, 6.07) is 11.8. The zero-order chi connectivity index (χ0) is 17.0.